The fourth-order valence-corrected chi connectivity index (χ4v) is 2.75. The van der Waals surface area contributed by atoms with Gasteiger partial charge in [-0.25, -0.2) is 0 Å². The van der Waals surface area contributed by atoms with Crippen LogP contribution in [-0.2, 0) is 15.9 Å². The minimum atomic E-state index is 0.665. The molecule has 0 aromatic carbocycles. The maximum Gasteiger partial charge on any atom is 0.226 e. The van der Waals surface area contributed by atoms with Crippen molar-refractivity contribution in [3.05, 3.63) is 11.7 Å². The molecular weight excluding hydrogens is 334 g/mol. The van der Waals surface area contributed by atoms with Crippen LogP contribution in [0.1, 0.15) is 44.3 Å². The summed E-state index contributed by atoms with van der Waals surface area (Å²) >= 11 is 0. The first-order valence-corrected chi connectivity index (χ1v) is 9.74. The first-order valence-electron chi connectivity index (χ1n) is 9.74. The minimum Gasteiger partial charge on any atom is -0.381 e. The Kier molecular flexibility index (Phi) is 10.0. The second-order valence-corrected chi connectivity index (χ2v) is 6.51. The van der Waals surface area contributed by atoms with Gasteiger partial charge in [-0.2, -0.15) is 4.98 Å². The lowest BCUT2D eigenvalue weighted by Gasteiger charge is -2.21. The summed E-state index contributed by atoms with van der Waals surface area (Å²) in [6.07, 6.45) is 4.85. The number of aliphatic imine (C=N–C) groups is 1. The van der Waals surface area contributed by atoms with Crippen molar-refractivity contribution in [2.45, 2.75) is 46.0 Å². The summed E-state index contributed by atoms with van der Waals surface area (Å²) in [6, 6.07) is 0. The smallest absolute Gasteiger partial charge is 0.226 e. The van der Waals surface area contributed by atoms with Gasteiger partial charge in [-0.1, -0.05) is 5.16 Å². The molecule has 0 saturated carbocycles. The Morgan fingerprint density at radius 3 is 2.85 bits per heavy atom. The van der Waals surface area contributed by atoms with Gasteiger partial charge in [0.05, 0.1) is 0 Å². The van der Waals surface area contributed by atoms with Crippen LogP contribution in [0.3, 0.4) is 0 Å². The number of nitrogens with zero attached hydrogens (tertiary/aromatic N) is 3. The molecule has 1 aromatic rings. The molecule has 1 aliphatic heterocycles. The molecule has 0 radical (unpaired) electrons. The van der Waals surface area contributed by atoms with Gasteiger partial charge in [0.25, 0.3) is 0 Å². The molecule has 26 heavy (non-hydrogen) atoms. The number of nitrogens with one attached hydrogen (secondary N) is 2. The van der Waals surface area contributed by atoms with E-state index in [1.807, 2.05) is 6.92 Å². The molecule has 0 aliphatic carbocycles. The molecule has 0 spiro atoms. The molecule has 0 amide bonds. The van der Waals surface area contributed by atoms with Gasteiger partial charge in [0, 0.05) is 52.5 Å². The predicted molar refractivity (Wildman–Crippen MR) is 100 cm³/mol. The third kappa shape index (κ3) is 8.62. The minimum absolute atomic E-state index is 0.665. The lowest BCUT2D eigenvalue weighted by molar-refractivity contribution is 0.0203. The van der Waals surface area contributed by atoms with Gasteiger partial charge in [0.2, 0.25) is 5.89 Å². The number of aryl methyl sites for hydroxylation is 2. The normalized spacial score (nSPS) is 16.0. The Morgan fingerprint density at radius 2 is 2.12 bits per heavy atom. The van der Waals surface area contributed by atoms with E-state index in [-0.39, 0.29) is 0 Å². The summed E-state index contributed by atoms with van der Waals surface area (Å²) in [6.45, 7) is 9.69. The van der Waals surface area contributed by atoms with E-state index in [0.29, 0.717) is 17.6 Å². The maximum absolute atomic E-state index is 5.79. The summed E-state index contributed by atoms with van der Waals surface area (Å²) in [4.78, 5) is 8.77. The molecule has 1 aromatic heterocycles. The van der Waals surface area contributed by atoms with Crippen LogP contribution in [0.4, 0.5) is 0 Å². The summed E-state index contributed by atoms with van der Waals surface area (Å²) in [5, 5.41) is 10.4. The Balaban J connectivity index is 1.53. The summed E-state index contributed by atoms with van der Waals surface area (Å²) in [5.41, 5.74) is 0. The molecule has 0 atom stereocenters. The van der Waals surface area contributed by atoms with E-state index in [9.17, 15) is 0 Å². The lowest BCUT2D eigenvalue weighted by atomic mass is 10.0. The van der Waals surface area contributed by atoms with E-state index in [0.717, 1.165) is 84.1 Å². The molecule has 0 unspecified atom stereocenters. The quantitative estimate of drug-likeness (QED) is 0.349. The Bertz CT molecular complexity index is 515. The van der Waals surface area contributed by atoms with Crippen molar-refractivity contribution in [1.29, 1.82) is 0 Å². The largest absolute Gasteiger partial charge is 0.381 e. The first kappa shape index (κ1) is 20.6. The van der Waals surface area contributed by atoms with Crippen LogP contribution >= 0.6 is 0 Å². The Hall–Kier alpha value is -1.67. The zero-order chi connectivity index (χ0) is 18.5. The molecule has 1 aliphatic rings. The van der Waals surface area contributed by atoms with Crippen molar-refractivity contribution < 1.29 is 14.0 Å². The highest BCUT2D eigenvalue weighted by atomic mass is 16.5. The Morgan fingerprint density at radius 1 is 1.27 bits per heavy atom. The zero-order valence-corrected chi connectivity index (χ0v) is 16.1. The molecule has 1 saturated heterocycles. The van der Waals surface area contributed by atoms with Crippen molar-refractivity contribution in [2.24, 2.45) is 10.9 Å². The van der Waals surface area contributed by atoms with Gasteiger partial charge in [0.1, 0.15) is 0 Å². The number of hydrogen-bond donors (Lipinski definition) is 2. The SMILES string of the molecule is CCNC(=NCCCc1nc(C)no1)NCCCOCC1CCOCC1. The van der Waals surface area contributed by atoms with E-state index in [2.05, 4.69) is 32.7 Å². The van der Waals surface area contributed by atoms with E-state index >= 15 is 0 Å². The topological polar surface area (TPSA) is 93.8 Å². The number of aromatic nitrogens is 2. The standard InChI is InChI=1S/C18H33N5O3/c1-3-19-18(20-9-4-6-17-22-15(2)23-26-17)21-10-5-11-25-14-16-7-12-24-13-8-16/h16H,3-14H2,1-2H3,(H2,19,20,21). The molecule has 0 bridgehead atoms. The fourth-order valence-electron chi connectivity index (χ4n) is 2.75. The summed E-state index contributed by atoms with van der Waals surface area (Å²) in [7, 11) is 0. The molecule has 1 fully saturated rings. The average molecular weight is 367 g/mol. The fraction of sp³-hybridized carbons (Fsp3) is 0.833. The van der Waals surface area contributed by atoms with Crippen LogP contribution in [0.15, 0.2) is 9.52 Å². The van der Waals surface area contributed by atoms with Gasteiger partial charge in [0.15, 0.2) is 11.8 Å². The lowest BCUT2D eigenvalue weighted by Crippen LogP contribution is -2.38. The zero-order valence-electron chi connectivity index (χ0n) is 16.1. The molecule has 8 heteroatoms. The molecule has 148 valence electrons. The van der Waals surface area contributed by atoms with Crippen LogP contribution in [0.5, 0.6) is 0 Å². The molecule has 2 rings (SSSR count). The second-order valence-electron chi connectivity index (χ2n) is 6.51. The number of ether oxygens (including phenoxy) is 2. The monoisotopic (exact) mass is 367 g/mol. The van der Waals surface area contributed by atoms with E-state index < -0.39 is 0 Å². The van der Waals surface area contributed by atoms with Crippen molar-refractivity contribution in [2.75, 3.05) is 46.1 Å². The van der Waals surface area contributed by atoms with E-state index in [1.54, 1.807) is 0 Å². The second kappa shape index (κ2) is 12.6. The number of hydrogen-bond acceptors (Lipinski definition) is 6. The summed E-state index contributed by atoms with van der Waals surface area (Å²) in [5.74, 6) is 2.87. The third-order valence-corrected chi connectivity index (χ3v) is 4.18. The van der Waals surface area contributed by atoms with Crippen LogP contribution in [-0.4, -0.2) is 62.2 Å². The van der Waals surface area contributed by atoms with Crippen LogP contribution in [0.2, 0.25) is 0 Å². The van der Waals surface area contributed by atoms with Crippen LogP contribution in [0.25, 0.3) is 0 Å². The highest BCUT2D eigenvalue weighted by Gasteiger charge is 2.13. The van der Waals surface area contributed by atoms with E-state index in [4.69, 9.17) is 14.0 Å². The summed E-state index contributed by atoms with van der Waals surface area (Å²) < 4.78 is 16.3. The van der Waals surface area contributed by atoms with Gasteiger partial charge < -0.3 is 24.6 Å². The number of rotatable bonds is 11. The van der Waals surface area contributed by atoms with Crippen LogP contribution < -0.4 is 10.6 Å². The molecule has 8 nitrogen and oxygen atoms in total. The van der Waals surface area contributed by atoms with E-state index in [1.165, 1.54) is 0 Å². The maximum atomic E-state index is 5.79. The molecular formula is C18H33N5O3. The first-order chi connectivity index (χ1) is 12.8. The third-order valence-electron chi connectivity index (χ3n) is 4.18. The Labute approximate surface area is 156 Å². The van der Waals surface area contributed by atoms with Gasteiger partial charge in [-0.05, 0) is 45.4 Å². The van der Waals surface area contributed by atoms with Crippen LogP contribution in [0, 0.1) is 12.8 Å². The van der Waals surface area contributed by atoms with Gasteiger partial charge in [-0.15, -0.1) is 0 Å². The van der Waals surface area contributed by atoms with Crippen molar-refractivity contribution in [1.82, 2.24) is 20.8 Å². The molecule has 2 heterocycles. The van der Waals surface area contributed by atoms with Crippen molar-refractivity contribution in [3.8, 4) is 0 Å². The molecule has 2 N–H and O–H groups in total. The highest BCUT2D eigenvalue weighted by molar-refractivity contribution is 5.79. The number of guanidine groups is 1. The van der Waals surface area contributed by atoms with Crippen molar-refractivity contribution >= 4 is 5.96 Å². The average Bonchev–Trinajstić information content (AvgIpc) is 3.07. The van der Waals surface area contributed by atoms with Gasteiger partial charge in [-0.3, -0.25) is 4.99 Å². The van der Waals surface area contributed by atoms with Gasteiger partial charge >= 0.3 is 0 Å². The predicted octanol–water partition coefficient (Wildman–Crippen LogP) is 1.70. The van der Waals surface area contributed by atoms with Crippen molar-refractivity contribution in [3.63, 3.8) is 0 Å². The highest BCUT2D eigenvalue weighted by Crippen LogP contribution is 2.14.